The van der Waals surface area contributed by atoms with Gasteiger partial charge in [-0.2, -0.15) is 13.2 Å². The van der Waals surface area contributed by atoms with E-state index in [-0.39, 0.29) is 11.3 Å². The molecule has 0 bridgehead atoms. The Bertz CT molecular complexity index is 344. The summed E-state index contributed by atoms with van der Waals surface area (Å²) in [5, 5.41) is 9.04. The third-order valence-corrected chi connectivity index (χ3v) is 2.40. The van der Waals surface area contributed by atoms with Crippen LogP contribution >= 0.6 is 11.3 Å². The summed E-state index contributed by atoms with van der Waals surface area (Å²) in [7, 11) is 0. The molecule has 0 spiro atoms. The maximum absolute atomic E-state index is 12.7. The zero-order valence-corrected chi connectivity index (χ0v) is 7.32. The van der Waals surface area contributed by atoms with Gasteiger partial charge in [0.15, 0.2) is 0 Å². The molecule has 1 aromatic heterocycles. The number of thiophene rings is 1. The van der Waals surface area contributed by atoms with Crippen molar-refractivity contribution in [2.75, 3.05) is 0 Å². The third kappa shape index (κ3) is 2.22. The van der Waals surface area contributed by atoms with Crippen LogP contribution in [-0.2, 0) is 11.0 Å². The van der Waals surface area contributed by atoms with E-state index in [1.165, 1.54) is 0 Å². The predicted molar refractivity (Wildman–Crippen MR) is 40.8 cm³/mol. The number of alkyl halides is 4. The summed E-state index contributed by atoms with van der Waals surface area (Å²) in [6, 6.07) is 0.503. The van der Waals surface area contributed by atoms with Crippen molar-refractivity contribution in [1.82, 2.24) is 0 Å². The van der Waals surface area contributed by atoms with E-state index in [9.17, 15) is 22.4 Å². The van der Waals surface area contributed by atoms with Crippen molar-refractivity contribution < 1.29 is 27.5 Å². The van der Waals surface area contributed by atoms with Gasteiger partial charge in [-0.25, -0.2) is 9.18 Å². The van der Waals surface area contributed by atoms with Crippen LogP contribution in [0.3, 0.4) is 0 Å². The van der Waals surface area contributed by atoms with Crippen LogP contribution < -0.4 is 0 Å². The molecule has 0 saturated heterocycles. The summed E-state index contributed by atoms with van der Waals surface area (Å²) in [5.41, 5.74) is -0.477. The summed E-state index contributed by atoms with van der Waals surface area (Å²) in [5.74, 6) is -1.79. The SMILES string of the molecule is O=C(O)C(F)c1csc(C(F)(F)F)c1. The number of aliphatic carboxylic acids is 1. The second-order valence-corrected chi connectivity index (χ2v) is 3.35. The first-order valence-electron chi connectivity index (χ1n) is 3.35. The molecule has 0 amide bonds. The lowest BCUT2D eigenvalue weighted by atomic mass is 10.2. The molecule has 7 heteroatoms. The largest absolute Gasteiger partial charge is 0.479 e. The van der Waals surface area contributed by atoms with Gasteiger partial charge in [-0.3, -0.25) is 0 Å². The van der Waals surface area contributed by atoms with Gasteiger partial charge < -0.3 is 5.11 Å². The smallest absolute Gasteiger partial charge is 0.425 e. The van der Waals surface area contributed by atoms with Gasteiger partial charge in [-0.05, 0) is 11.4 Å². The Balaban J connectivity index is 2.94. The number of carbonyl (C=O) groups is 1. The van der Waals surface area contributed by atoms with E-state index < -0.39 is 28.8 Å². The summed E-state index contributed by atoms with van der Waals surface area (Å²) in [6.45, 7) is 0. The molecule has 2 nitrogen and oxygen atoms in total. The zero-order chi connectivity index (χ0) is 10.9. The van der Waals surface area contributed by atoms with Crippen LogP contribution in [0.2, 0.25) is 0 Å². The predicted octanol–water partition coefficient (Wildman–Crippen LogP) is 2.86. The van der Waals surface area contributed by atoms with Crippen molar-refractivity contribution in [2.45, 2.75) is 12.3 Å². The summed E-state index contributed by atoms with van der Waals surface area (Å²) >= 11 is 0.274. The van der Waals surface area contributed by atoms with Crippen molar-refractivity contribution in [3.05, 3.63) is 21.9 Å². The molecule has 1 unspecified atom stereocenters. The van der Waals surface area contributed by atoms with E-state index in [0.717, 1.165) is 5.38 Å². The van der Waals surface area contributed by atoms with Crippen molar-refractivity contribution in [3.8, 4) is 0 Å². The Morgan fingerprint density at radius 2 is 2.07 bits per heavy atom. The molecule has 1 rings (SSSR count). The Morgan fingerprint density at radius 3 is 2.43 bits per heavy atom. The fraction of sp³-hybridized carbons (Fsp3) is 0.286. The van der Waals surface area contributed by atoms with Crippen molar-refractivity contribution in [2.24, 2.45) is 0 Å². The summed E-state index contributed by atoms with van der Waals surface area (Å²) in [6.07, 6.45) is -6.96. The molecule has 78 valence electrons. The monoisotopic (exact) mass is 228 g/mol. The average Bonchev–Trinajstić information content (AvgIpc) is 2.49. The Hall–Kier alpha value is -1.11. The lowest BCUT2D eigenvalue weighted by Gasteiger charge is -2.01. The van der Waals surface area contributed by atoms with Gasteiger partial charge in [0, 0.05) is 5.56 Å². The maximum Gasteiger partial charge on any atom is 0.425 e. The molecule has 1 atom stereocenters. The topological polar surface area (TPSA) is 37.3 Å². The van der Waals surface area contributed by atoms with E-state index >= 15 is 0 Å². The standard InChI is InChI=1S/C7H4F4O2S/c8-5(6(12)13)3-1-4(14-2-3)7(9,10)11/h1-2,5H,(H,12,13). The molecule has 0 radical (unpaired) electrons. The van der Waals surface area contributed by atoms with Crippen LogP contribution in [-0.4, -0.2) is 11.1 Å². The Kier molecular flexibility index (Phi) is 2.79. The van der Waals surface area contributed by atoms with Crippen LogP contribution in [0.15, 0.2) is 11.4 Å². The highest BCUT2D eigenvalue weighted by molar-refractivity contribution is 7.10. The maximum atomic E-state index is 12.7. The van der Waals surface area contributed by atoms with Gasteiger partial charge in [-0.15, -0.1) is 11.3 Å². The molecule has 14 heavy (non-hydrogen) atoms. The normalized spacial score (nSPS) is 14.0. The highest BCUT2D eigenvalue weighted by atomic mass is 32.1. The molecular weight excluding hydrogens is 224 g/mol. The van der Waals surface area contributed by atoms with E-state index in [1.54, 1.807) is 0 Å². The van der Waals surface area contributed by atoms with Crippen molar-refractivity contribution in [1.29, 1.82) is 0 Å². The van der Waals surface area contributed by atoms with Crippen LogP contribution in [0.25, 0.3) is 0 Å². The minimum Gasteiger partial charge on any atom is -0.479 e. The molecular formula is C7H4F4O2S. The Morgan fingerprint density at radius 1 is 1.50 bits per heavy atom. The van der Waals surface area contributed by atoms with E-state index in [2.05, 4.69) is 0 Å². The first-order chi connectivity index (χ1) is 6.32. The van der Waals surface area contributed by atoms with Gasteiger partial charge in [0.05, 0.1) is 0 Å². The van der Waals surface area contributed by atoms with Crippen molar-refractivity contribution >= 4 is 17.3 Å². The molecule has 1 heterocycles. The molecule has 0 fully saturated rings. The highest BCUT2D eigenvalue weighted by Crippen LogP contribution is 2.36. The number of rotatable bonds is 2. The summed E-state index contributed by atoms with van der Waals surface area (Å²) < 4.78 is 48.7. The van der Waals surface area contributed by atoms with Gasteiger partial charge >= 0.3 is 12.1 Å². The minimum absolute atomic E-state index is 0.274. The first kappa shape index (κ1) is 11.0. The average molecular weight is 228 g/mol. The second-order valence-electron chi connectivity index (χ2n) is 2.44. The van der Waals surface area contributed by atoms with Gasteiger partial charge in [-0.1, -0.05) is 0 Å². The number of halogens is 4. The van der Waals surface area contributed by atoms with E-state index in [0.29, 0.717) is 6.07 Å². The van der Waals surface area contributed by atoms with E-state index in [4.69, 9.17) is 5.11 Å². The quantitative estimate of drug-likeness (QED) is 0.790. The molecule has 1 N–H and O–H groups in total. The van der Waals surface area contributed by atoms with Gasteiger partial charge in [0.2, 0.25) is 6.17 Å². The second kappa shape index (κ2) is 3.56. The van der Waals surface area contributed by atoms with Gasteiger partial charge in [0.1, 0.15) is 4.88 Å². The van der Waals surface area contributed by atoms with E-state index in [1.807, 2.05) is 0 Å². The Labute approximate surface area is 79.8 Å². The molecule has 0 aliphatic rings. The number of carboxylic acid groups (broad SMARTS) is 1. The number of hydrogen-bond donors (Lipinski definition) is 1. The number of carboxylic acids is 1. The number of hydrogen-bond acceptors (Lipinski definition) is 2. The fourth-order valence-corrected chi connectivity index (χ4v) is 1.56. The van der Waals surface area contributed by atoms with Crippen molar-refractivity contribution in [3.63, 3.8) is 0 Å². The lowest BCUT2D eigenvalue weighted by Crippen LogP contribution is -2.05. The van der Waals surface area contributed by atoms with Crippen LogP contribution in [0, 0.1) is 0 Å². The lowest BCUT2D eigenvalue weighted by molar-refractivity contribution is -0.143. The molecule has 0 saturated carbocycles. The fourth-order valence-electron chi connectivity index (χ4n) is 0.775. The zero-order valence-electron chi connectivity index (χ0n) is 6.51. The summed E-state index contributed by atoms with van der Waals surface area (Å²) in [4.78, 5) is 9.10. The van der Waals surface area contributed by atoms with Crippen LogP contribution in [0.1, 0.15) is 16.6 Å². The highest BCUT2D eigenvalue weighted by Gasteiger charge is 2.34. The van der Waals surface area contributed by atoms with Gasteiger partial charge in [0.25, 0.3) is 0 Å². The minimum atomic E-state index is -4.55. The van der Waals surface area contributed by atoms with Crippen LogP contribution in [0.5, 0.6) is 0 Å². The van der Waals surface area contributed by atoms with Crippen LogP contribution in [0.4, 0.5) is 17.6 Å². The first-order valence-corrected chi connectivity index (χ1v) is 4.23. The molecule has 0 aliphatic heterocycles. The molecule has 0 aliphatic carbocycles. The molecule has 1 aromatic rings. The third-order valence-electron chi connectivity index (χ3n) is 1.41. The molecule has 0 aromatic carbocycles.